The number of rotatable bonds is 10. The lowest BCUT2D eigenvalue weighted by Crippen LogP contribution is -2.54. The molecule has 1 aliphatic heterocycles. The van der Waals surface area contributed by atoms with Crippen LogP contribution in [0.4, 0.5) is 0 Å². The van der Waals surface area contributed by atoms with Gasteiger partial charge in [0.25, 0.3) is 5.91 Å². The van der Waals surface area contributed by atoms with Crippen molar-refractivity contribution in [2.24, 2.45) is 0 Å². The first-order valence-corrected chi connectivity index (χ1v) is 9.60. The summed E-state index contributed by atoms with van der Waals surface area (Å²) in [6.07, 6.45) is 2.85. The van der Waals surface area contributed by atoms with Gasteiger partial charge in [-0.1, -0.05) is 0 Å². The summed E-state index contributed by atoms with van der Waals surface area (Å²) in [6, 6.07) is 5.46. The zero-order valence-corrected chi connectivity index (χ0v) is 17.2. The molecular formula is C20H33N3O4. The van der Waals surface area contributed by atoms with E-state index in [9.17, 15) is 4.79 Å². The Morgan fingerprint density at radius 1 is 1.30 bits per heavy atom. The average molecular weight is 380 g/mol. The Bertz CT molecular complexity index is 609. The van der Waals surface area contributed by atoms with Gasteiger partial charge in [0.15, 0.2) is 11.5 Å². The van der Waals surface area contributed by atoms with Crippen LogP contribution in [0, 0.1) is 0 Å². The first-order chi connectivity index (χ1) is 13.0. The Morgan fingerprint density at radius 2 is 2.07 bits per heavy atom. The molecule has 0 aliphatic carbocycles. The van der Waals surface area contributed by atoms with Crippen molar-refractivity contribution < 1.29 is 19.0 Å². The third kappa shape index (κ3) is 5.34. The summed E-state index contributed by atoms with van der Waals surface area (Å²) in [6.45, 7) is 6.18. The maximum atomic E-state index is 13.3. The van der Waals surface area contributed by atoms with Gasteiger partial charge in [-0.3, -0.25) is 10.2 Å². The molecule has 1 atom stereocenters. The lowest BCUT2D eigenvalue weighted by Gasteiger charge is -2.37. The number of hydrogen-bond acceptors (Lipinski definition) is 6. The van der Waals surface area contributed by atoms with Crippen LogP contribution in [0.15, 0.2) is 18.2 Å². The fourth-order valence-corrected chi connectivity index (χ4v) is 3.47. The minimum absolute atomic E-state index is 0.00143. The molecule has 7 heteroatoms. The van der Waals surface area contributed by atoms with E-state index < -0.39 is 0 Å². The van der Waals surface area contributed by atoms with Crippen LogP contribution in [0.5, 0.6) is 11.5 Å². The minimum Gasteiger partial charge on any atom is -0.493 e. The van der Waals surface area contributed by atoms with Gasteiger partial charge in [0.2, 0.25) is 0 Å². The highest BCUT2D eigenvalue weighted by Crippen LogP contribution is 2.30. The number of hydrogen-bond donors (Lipinski definition) is 1. The largest absolute Gasteiger partial charge is 0.493 e. The maximum absolute atomic E-state index is 13.3. The summed E-state index contributed by atoms with van der Waals surface area (Å²) in [5.74, 6) is 1.21. The standard InChI is InChI=1S/C20H33N3O4/c1-15(2)23(19-8-6-11-22(19)21-3)20(24)16-9-10-17(26-5)18(14-16)27-13-7-12-25-4/h9-10,14-15,19,21H,6-8,11-13H2,1-5H3/t19-/m1/s1. The summed E-state index contributed by atoms with van der Waals surface area (Å²) in [4.78, 5) is 15.3. The van der Waals surface area contributed by atoms with Crippen LogP contribution in [0.1, 0.15) is 43.5 Å². The molecule has 7 nitrogen and oxygen atoms in total. The van der Waals surface area contributed by atoms with E-state index in [1.165, 1.54) is 0 Å². The van der Waals surface area contributed by atoms with Gasteiger partial charge in [0.05, 0.1) is 19.9 Å². The molecule has 0 aromatic heterocycles. The van der Waals surface area contributed by atoms with Crippen LogP contribution < -0.4 is 14.9 Å². The number of benzene rings is 1. The van der Waals surface area contributed by atoms with Crippen LogP contribution in [0.2, 0.25) is 0 Å². The molecule has 0 bridgehead atoms. The normalized spacial score (nSPS) is 17.3. The fraction of sp³-hybridized carbons (Fsp3) is 0.650. The Labute approximate surface area is 162 Å². The number of carbonyl (C=O) groups excluding carboxylic acids is 1. The van der Waals surface area contributed by atoms with Gasteiger partial charge in [-0.05, 0) is 51.9 Å². The molecule has 0 unspecified atom stereocenters. The summed E-state index contributed by atoms with van der Waals surface area (Å²) in [7, 11) is 5.17. The molecular weight excluding hydrogens is 346 g/mol. The van der Waals surface area contributed by atoms with Crippen molar-refractivity contribution in [3.63, 3.8) is 0 Å². The Kier molecular flexibility index (Phi) is 8.34. The van der Waals surface area contributed by atoms with Crippen molar-refractivity contribution in [1.82, 2.24) is 15.3 Å². The van der Waals surface area contributed by atoms with Crippen molar-refractivity contribution in [3.05, 3.63) is 23.8 Å². The Morgan fingerprint density at radius 3 is 2.70 bits per heavy atom. The second-order valence-corrected chi connectivity index (χ2v) is 6.91. The van der Waals surface area contributed by atoms with Gasteiger partial charge in [-0.25, -0.2) is 5.01 Å². The molecule has 2 rings (SSSR count). The van der Waals surface area contributed by atoms with Crippen LogP contribution in [-0.2, 0) is 4.74 Å². The molecule has 0 spiro atoms. The van der Waals surface area contributed by atoms with E-state index in [4.69, 9.17) is 14.2 Å². The summed E-state index contributed by atoms with van der Waals surface area (Å²) < 4.78 is 16.3. The lowest BCUT2D eigenvalue weighted by atomic mass is 10.1. The SMILES string of the molecule is CNN1CCC[C@H]1N(C(=O)c1ccc(OC)c(OCCCOC)c1)C(C)C. The Balaban J connectivity index is 2.22. The molecule has 1 fully saturated rings. The summed E-state index contributed by atoms with van der Waals surface area (Å²) in [5, 5.41) is 2.13. The molecule has 1 aromatic carbocycles. The maximum Gasteiger partial charge on any atom is 0.255 e. The van der Waals surface area contributed by atoms with E-state index in [-0.39, 0.29) is 18.1 Å². The van der Waals surface area contributed by atoms with E-state index >= 15 is 0 Å². The molecule has 0 radical (unpaired) electrons. The summed E-state index contributed by atoms with van der Waals surface area (Å²) in [5.41, 5.74) is 3.81. The number of methoxy groups -OCH3 is 2. The van der Waals surface area contributed by atoms with Crippen molar-refractivity contribution in [3.8, 4) is 11.5 Å². The van der Waals surface area contributed by atoms with Crippen LogP contribution in [0.25, 0.3) is 0 Å². The van der Waals surface area contributed by atoms with E-state index in [0.29, 0.717) is 30.3 Å². The smallest absolute Gasteiger partial charge is 0.255 e. The molecule has 1 N–H and O–H groups in total. The summed E-state index contributed by atoms with van der Waals surface area (Å²) >= 11 is 0. The second-order valence-electron chi connectivity index (χ2n) is 6.91. The zero-order valence-electron chi connectivity index (χ0n) is 17.2. The quantitative estimate of drug-likeness (QED) is 0.630. The van der Waals surface area contributed by atoms with Gasteiger partial charge in [0.1, 0.15) is 0 Å². The first kappa shape index (κ1) is 21.5. The number of hydrazine groups is 1. The molecule has 1 heterocycles. The van der Waals surface area contributed by atoms with Gasteiger partial charge < -0.3 is 19.1 Å². The van der Waals surface area contributed by atoms with E-state index in [1.54, 1.807) is 32.4 Å². The highest BCUT2D eigenvalue weighted by atomic mass is 16.5. The van der Waals surface area contributed by atoms with Crippen LogP contribution in [0.3, 0.4) is 0 Å². The first-order valence-electron chi connectivity index (χ1n) is 9.60. The number of carbonyl (C=O) groups is 1. The predicted molar refractivity (Wildman–Crippen MR) is 105 cm³/mol. The van der Waals surface area contributed by atoms with Gasteiger partial charge in [-0.2, -0.15) is 0 Å². The molecule has 1 aliphatic rings. The average Bonchev–Trinajstić information content (AvgIpc) is 3.13. The van der Waals surface area contributed by atoms with E-state index in [0.717, 1.165) is 25.8 Å². The van der Waals surface area contributed by atoms with Crippen LogP contribution >= 0.6 is 0 Å². The van der Waals surface area contributed by atoms with Gasteiger partial charge in [0, 0.05) is 38.3 Å². The molecule has 0 saturated carbocycles. The van der Waals surface area contributed by atoms with Crippen molar-refractivity contribution in [1.29, 1.82) is 0 Å². The topological polar surface area (TPSA) is 63.3 Å². The van der Waals surface area contributed by atoms with E-state index in [1.807, 2.05) is 11.9 Å². The predicted octanol–water partition coefficient (Wildman–Crippen LogP) is 2.52. The fourth-order valence-electron chi connectivity index (χ4n) is 3.47. The minimum atomic E-state index is 0.00143. The molecule has 27 heavy (non-hydrogen) atoms. The monoisotopic (exact) mass is 379 g/mol. The highest BCUT2D eigenvalue weighted by Gasteiger charge is 2.34. The molecule has 1 amide bonds. The van der Waals surface area contributed by atoms with Crippen molar-refractivity contribution in [2.75, 3.05) is 41.0 Å². The third-order valence-corrected chi connectivity index (χ3v) is 4.78. The second kappa shape index (κ2) is 10.5. The van der Waals surface area contributed by atoms with Crippen molar-refractivity contribution in [2.45, 2.75) is 45.3 Å². The van der Waals surface area contributed by atoms with Crippen molar-refractivity contribution >= 4 is 5.91 Å². The molecule has 152 valence electrons. The lowest BCUT2D eigenvalue weighted by molar-refractivity contribution is 0.0202. The number of nitrogens with one attached hydrogen (secondary N) is 1. The molecule has 1 saturated heterocycles. The Hall–Kier alpha value is -1.83. The number of nitrogens with zero attached hydrogens (tertiary/aromatic N) is 2. The van der Waals surface area contributed by atoms with Crippen LogP contribution in [-0.4, -0.2) is 69.0 Å². The number of ether oxygens (including phenoxy) is 3. The van der Waals surface area contributed by atoms with E-state index in [2.05, 4.69) is 24.3 Å². The van der Waals surface area contributed by atoms with Gasteiger partial charge in [-0.15, -0.1) is 0 Å². The number of amides is 1. The molecule has 1 aromatic rings. The zero-order chi connectivity index (χ0) is 19.8. The third-order valence-electron chi connectivity index (χ3n) is 4.78. The van der Waals surface area contributed by atoms with Gasteiger partial charge >= 0.3 is 0 Å². The highest BCUT2D eigenvalue weighted by molar-refractivity contribution is 5.95.